The average Bonchev–Trinajstić information content (AvgIpc) is 2.35. The Morgan fingerprint density at radius 2 is 1.88 bits per heavy atom. The zero-order valence-corrected chi connectivity index (χ0v) is 9.36. The normalized spacial score (nSPS) is 10.3. The maximum Gasteiger partial charge on any atom is 0.219 e. The molecule has 0 fully saturated rings. The van der Waals surface area contributed by atoms with Crippen molar-refractivity contribution in [1.82, 2.24) is 5.32 Å². The zero-order chi connectivity index (χ0) is 11.4. The number of nitrogens with one attached hydrogen (secondary N) is 1. The van der Waals surface area contributed by atoms with Crippen LogP contribution in [0.2, 0.25) is 0 Å². The Kier molecular flexibility index (Phi) is 3.20. The summed E-state index contributed by atoms with van der Waals surface area (Å²) in [5.74, 6) is 0.0907. The molecule has 0 aliphatic rings. The summed E-state index contributed by atoms with van der Waals surface area (Å²) in [4.78, 5) is 11.2. The number of rotatable bonds is 3. The largest absolute Gasteiger partial charge is 0.352 e. The van der Waals surface area contributed by atoms with Crippen LogP contribution in [0.1, 0.15) is 18.9 Å². The fourth-order valence-electron chi connectivity index (χ4n) is 1.77. The molecule has 0 radical (unpaired) electrons. The Labute approximate surface area is 95.3 Å². The summed E-state index contributed by atoms with van der Waals surface area (Å²) < 4.78 is 0. The number of hydrogen-bond donors (Lipinski definition) is 1. The highest BCUT2D eigenvalue weighted by molar-refractivity contribution is 5.86. The van der Waals surface area contributed by atoms with Gasteiger partial charge in [-0.3, -0.25) is 4.79 Å². The van der Waals surface area contributed by atoms with Gasteiger partial charge in [-0.15, -0.1) is 0 Å². The van der Waals surface area contributed by atoms with Gasteiger partial charge in [-0.25, -0.2) is 0 Å². The van der Waals surface area contributed by atoms with Crippen molar-refractivity contribution >= 4 is 16.7 Å². The minimum atomic E-state index is 0.0907. The van der Waals surface area contributed by atoms with Crippen LogP contribution in [-0.2, 0) is 11.3 Å². The van der Waals surface area contributed by atoms with E-state index in [2.05, 4.69) is 29.6 Å². The first-order valence-corrected chi connectivity index (χ1v) is 5.54. The van der Waals surface area contributed by atoms with E-state index >= 15 is 0 Å². The molecule has 0 aliphatic carbocycles. The molecule has 0 unspecified atom stereocenters. The van der Waals surface area contributed by atoms with Gasteiger partial charge in [-0.05, 0) is 16.3 Å². The van der Waals surface area contributed by atoms with Gasteiger partial charge in [0.15, 0.2) is 0 Å². The molecule has 82 valence electrons. The first-order valence-electron chi connectivity index (χ1n) is 5.54. The van der Waals surface area contributed by atoms with Crippen molar-refractivity contribution in [3.63, 3.8) is 0 Å². The smallest absolute Gasteiger partial charge is 0.219 e. The topological polar surface area (TPSA) is 29.1 Å². The lowest BCUT2D eigenvalue weighted by molar-refractivity contribution is -0.120. The molecule has 16 heavy (non-hydrogen) atoms. The van der Waals surface area contributed by atoms with Crippen molar-refractivity contribution < 1.29 is 4.79 Å². The average molecular weight is 213 g/mol. The van der Waals surface area contributed by atoms with Crippen LogP contribution in [-0.4, -0.2) is 5.91 Å². The summed E-state index contributed by atoms with van der Waals surface area (Å²) in [7, 11) is 0. The second kappa shape index (κ2) is 4.79. The van der Waals surface area contributed by atoms with E-state index in [9.17, 15) is 4.79 Å². The summed E-state index contributed by atoms with van der Waals surface area (Å²) in [6.07, 6.45) is 0.533. The molecular formula is C14H15NO. The first kappa shape index (κ1) is 10.7. The molecule has 1 N–H and O–H groups in total. The van der Waals surface area contributed by atoms with Crippen molar-refractivity contribution in [2.75, 3.05) is 0 Å². The highest BCUT2D eigenvalue weighted by atomic mass is 16.1. The predicted octanol–water partition coefficient (Wildman–Crippen LogP) is 2.87. The van der Waals surface area contributed by atoms with E-state index in [-0.39, 0.29) is 5.91 Å². The molecule has 0 bridgehead atoms. The number of fused-ring (bicyclic) bond motifs is 1. The zero-order valence-electron chi connectivity index (χ0n) is 9.36. The van der Waals surface area contributed by atoms with E-state index in [1.54, 1.807) is 0 Å². The van der Waals surface area contributed by atoms with Crippen LogP contribution < -0.4 is 5.32 Å². The van der Waals surface area contributed by atoms with Crippen molar-refractivity contribution in [3.05, 3.63) is 48.0 Å². The Morgan fingerprint density at radius 1 is 1.12 bits per heavy atom. The van der Waals surface area contributed by atoms with E-state index in [1.165, 1.54) is 16.3 Å². The highest BCUT2D eigenvalue weighted by Crippen LogP contribution is 2.18. The second-order valence-corrected chi connectivity index (χ2v) is 3.77. The van der Waals surface area contributed by atoms with E-state index in [4.69, 9.17) is 0 Å². The Morgan fingerprint density at radius 3 is 2.69 bits per heavy atom. The molecule has 1 amide bonds. The minimum absolute atomic E-state index is 0.0907. The summed E-state index contributed by atoms with van der Waals surface area (Å²) in [6.45, 7) is 2.46. The van der Waals surface area contributed by atoms with Gasteiger partial charge in [0.25, 0.3) is 0 Å². The summed E-state index contributed by atoms with van der Waals surface area (Å²) in [6, 6.07) is 14.4. The Balaban J connectivity index is 2.27. The van der Waals surface area contributed by atoms with Gasteiger partial charge in [0.05, 0.1) is 0 Å². The minimum Gasteiger partial charge on any atom is -0.352 e. The van der Waals surface area contributed by atoms with Crippen molar-refractivity contribution in [1.29, 1.82) is 0 Å². The molecule has 0 atom stereocenters. The maximum absolute atomic E-state index is 11.2. The van der Waals surface area contributed by atoms with Crippen molar-refractivity contribution in [2.24, 2.45) is 0 Å². The standard InChI is InChI=1S/C14H15NO/c1-2-14(16)15-10-12-8-5-7-11-6-3-4-9-13(11)12/h3-9H,2,10H2,1H3,(H,15,16). The molecule has 0 saturated heterocycles. The highest BCUT2D eigenvalue weighted by Gasteiger charge is 2.01. The quantitative estimate of drug-likeness (QED) is 0.834. The van der Waals surface area contributed by atoms with Gasteiger partial charge < -0.3 is 5.32 Å². The van der Waals surface area contributed by atoms with Gasteiger partial charge in [0.1, 0.15) is 0 Å². The lowest BCUT2D eigenvalue weighted by atomic mass is 10.0. The van der Waals surface area contributed by atoms with Crippen LogP contribution in [0.15, 0.2) is 42.5 Å². The maximum atomic E-state index is 11.2. The van der Waals surface area contributed by atoms with E-state index < -0.39 is 0 Å². The predicted molar refractivity (Wildman–Crippen MR) is 66.1 cm³/mol. The SMILES string of the molecule is CCC(=O)NCc1cccc2ccccc12. The number of carbonyl (C=O) groups is 1. The molecule has 2 nitrogen and oxygen atoms in total. The van der Waals surface area contributed by atoms with E-state index in [0.29, 0.717) is 13.0 Å². The molecule has 0 aromatic heterocycles. The lowest BCUT2D eigenvalue weighted by Gasteiger charge is -2.07. The third-order valence-corrected chi connectivity index (χ3v) is 2.68. The monoisotopic (exact) mass is 213 g/mol. The fourth-order valence-corrected chi connectivity index (χ4v) is 1.77. The Bertz CT molecular complexity index is 500. The van der Waals surface area contributed by atoms with Gasteiger partial charge >= 0.3 is 0 Å². The second-order valence-electron chi connectivity index (χ2n) is 3.77. The summed E-state index contributed by atoms with van der Waals surface area (Å²) in [5, 5.41) is 5.33. The molecule has 0 saturated carbocycles. The van der Waals surface area contributed by atoms with Crippen molar-refractivity contribution in [3.8, 4) is 0 Å². The molecule has 2 rings (SSSR count). The number of amides is 1. The molecule has 0 spiro atoms. The van der Waals surface area contributed by atoms with Gasteiger partial charge in [0, 0.05) is 13.0 Å². The molecular weight excluding hydrogens is 198 g/mol. The van der Waals surface area contributed by atoms with Gasteiger partial charge in [-0.1, -0.05) is 49.4 Å². The van der Waals surface area contributed by atoms with Crippen LogP contribution in [0.5, 0.6) is 0 Å². The number of benzene rings is 2. The van der Waals surface area contributed by atoms with Crippen LogP contribution in [0.25, 0.3) is 10.8 Å². The third-order valence-electron chi connectivity index (χ3n) is 2.68. The van der Waals surface area contributed by atoms with E-state index in [0.717, 1.165) is 0 Å². The fraction of sp³-hybridized carbons (Fsp3) is 0.214. The molecule has 2 aromatic carbocycles. The summed E-state index contributed by atoms with van der Waals surface area (Å²) >= 11 is 0. The van der Waals surface area contributed by atoms with Crippen LogP contribution in [0.3, 0.4) is 0 Å². The van der Waals surface area contributed by atoms with Crippen LogP contribution in [0, 0.1) is 0 Å². The lowest BCUT2D eigenvalue weighted by Crippen LogP contribution is -2.21. The molecule has 2 heteroatoms. The number of hydrogen-bond acceptors (Lipinski definition) is 1. The Hall–Kier alpha value is -1.83. The summed E-state index contributed by atoms with van der Waals surface area (Å²) in [5.41, 5.74) is 1.17. The van der Waals surface area contributed by atoms with Gasteiger partial charge in [0.2, 0.25) is 5.91 Å². The van der Waals surface area contributed by atoms with Crippen LogP contribution >= 0.6 is 0 Å². The number of carbonyl (C=O) groups excluding carboxylic acids is 1. The van der Waals surface area contributed by atoms with E-state index in [1.807, 2.05) is 25.1 Å². The van der Waals surface area contributed by atoms with Crippen molar-refractivity contribution in [2.45, 2.75) is 19.9 Å². The molecule has 0 heterocycles. The third kappa shape index (κ3) is 2.22. The molecule has 2 aromatic rings. The first-order chi connectivity index (χ1) is 7.81. The van der Waals surface area contributed by atoms with Gasteiger partial charge in [-0.2, -0.15) is 0 Å². The van der Waals surface area contributed by atoms with Crippen LogP contribution in [0.4, 0.5) is 0 Å². The molecule has 0 aliphatic heterocycles.